The summed E-state index contributed by atoms with van der Waals surface area (Å²) < 4.78 is 33.2. The summed E-state index contributed by atoms with van der Waals surface area (Å²) in [5.74, 6) is -3.33. The van der Waals surface area contributed by atoms with Gasteiger partial charge in [-0.3, -0.25) is 24.0 Å². The number of allylic oxidation sites excluding steroid dienone is 1. The van der Waals surface area contributed by atoms with Crippen LogP contribution in [0.2, 0.25) is 0 Å². The van der Waals surface area contributed by atoms with Crippen LogP contribution in [0.1, 0.15) is 62.5 Å². The molecule has 0 aromatic heterocycles. The highest BCUT2D eigenvalue weighted by Crippen LogP contribution is 2.47. The van der Waals surface area contributed by atoms with E-state index < -0.39 is 56.7 Å². The Morgan fingerprint density at radius 2 is 1.74 bits per heavy atom. The van der Waals surface area contributed by atoms with E-state index in [1.54, 1.807) is 16.8 Å². The van der Waals surface area contributed by atoms with E-state index >= 15 is 0 Å². The minimum absolute atomic E-state index is 0.140. The fourth-order valence-corrected chi connectivity index (χ4v) is 7.93. The van der Waals surface area contributed by atoms with Gasteiger partial charge in [0.15, 0.2) is 0 Å². The molecule has 12 heteroatoms. The van der Waals surface area contributed by atoms with Crippen molar-refractivity contribution in [3.8, 4) is 0 Å². The fourth-order valence-electron chi connectivity index (χ4n) is 6.57. The van der Waals surface area contributed by atoms with Gasteiger partial charge in [0.25, 0.3) is 5.91 Å². The number of nitrogens with one attached hydrogen (secondary N) is 2. The molecular weight excluding hydrogens is 560 g/mol. The average Bonchev–Trinajstić information content (AvgIpc) is 3.84. The number of sulfonamides is 1. The molecule has 0 spiro atoms. The van der Waals surface area contributed by atoms with Gasteiger partial charge in [-0.05, 0) is 62.5 Å². The summed E-state index contributed by atoms with van der Waals surface area (Å²) in [4.78, 5) is 57.1. The smallest absolute Gasteiger partial charge is 0.410 e. The molecule has 5 aliphatic rings. The summed E-state index contributed by atoms with van der Waals surface area (Å²) in [5.41, 5.74) is 0.728. The molecule has 4 amide bonds. The number of ether oxygens (including phenoxy) is 1. The zero-order valence-electron chi connectivity index (χ0n) is 23.8. The van der Waals surface area contributed by atoms with E-state index in [1.165, 1.54) is 0 Å². The molecule has 1 aromatic rings. The lowest BCUT2D eigenvalue weighted by molar-refractivity contribution is -0.140. The van der Waals surface area contributed by atoms with Crippen molar-refractivity contribution in [2.24, 2.45) is 17.8 Å². The average molecular weight is 599 g/mol. The molecule has 2 aliphatic heterocycles. The molecule has 3 aliphatic carbocycles. The van der Waals surface area contributed by atoms with Crippen molar-refractivity contribution in [2.75, 3.05) is 13.6 Å². The van der Waals surface area contributed by atoms with Crippen molar-refractivity contribution < 1.29 is 32.3 Å². The van der Waals surface area contributed by atoms with E-state index in [9.17, 15) is 27.6 Å². The summed E-state index contributed by atoms with van der Waals surface area (Å²) in [6.07, 6.45) is 6.70. The lowest BCUT2D eigenvalue weighted by Crippen LogP contribution is -2.54. The molecular formula is C30H38N4O7S. The Morgan fingerprint density at radius 3 is 2.43 bits per heavy atom. The molecule has 0 unspecified atom stereocenters. The van der Waals surface area contributed by atoms with Crippen LogP contribution in [0.5, 0.6) is 0 Å². The maximum Gasteiger partial charge on any atom is 0.410 e. The summed E-state index contributed by atoms with van der Waals surface area (Å²) in [7, 11) is -2.09. The lowest BCUT2D eigenvalue weighted by atomic mass is 9.93. The van der Waals surface area contributed by atoms with Crippen molar-refractivity contribution in [1.82, 2.24) is 19.8 Å². The third kappa shape index (κ3) is 5.65. The molecule has 0 radical (unpaired) electrons. The quantitative estimate of drug-likeness (QED) is 0.506. The first-order valence-electron chi connectivity index (χ1n) is 14.9. The zero-order chi connectivity index (χ0) is 29.6. The fraction of sp³-hybridized carbons (Fsp3) is 0.600. The van der Waals surface area contributed by atoms with Gasteiger partial charge in [0, 0.05) is 32.6 Å². The minimum atomic E-state index is -3.81. The van der Waals surface area contributed by atoms with Gasteiger partial charge in [0.1, 0.15) is 11.6 Å². The van der Waals surface area contributed by atoms with Crippen LogP contribution < -0.4 is 10.0 Å². The van der Waals surface area contributed by atoms with E-state index in [2.05, 4.69) is 10.0 Å². The number of fused-ring (bicyclic) bond motifs is 3. The highest BCUT2D eigenvalue weighted by atomic mass is 32.2. The normalized spacial score (nSPS) is 32.1. The van der Waals surface area contributed by atoms with Gasteiger partial charge in [0.2, 0.25) is 21.8 Å². The number of nitrogens with zero attached hydrogens (tertiary/aromatic N) is 2. The predicted octanol–water partition coefficient (Wildman–Crippen LogP) is 2.22. The lowest BCUT2D eigenvalue weighted by Gasteiger charge is -2.26. The highest BCUT2D eigenvalue weighted by molar-refractivity contribution is 7.91. The minimum Gasteiger partial charge on any atom is -0.446 e. The summed E-state index contributed by atoms with van der Waals surface area (Å²) in [5, 5.41) is 2.28. The molecule has 5 atom stereocenters. The van der Waals surface area contributed by atoms with Crippen LogP contribution >= 0.6 is 0 Å². The molecule has 3 fully saturated rings. The summed E-state index contributed by atoms with van der Waals surface area (Å²) >= 11 is 0. The molecule has 11 nitrogen and oxygen atoms in total. The SMILES string of the molecule is CN1CCCC/C=C\[C@@H]2C[C@@]2(C(=O)NS(=O)(=O)C2CC2)NC(=O)[C@@H]2C[C@@H](OC(=O)N3Cc4ccccc4C3)C[C@H]2C1=O. The molecule has 2 heterocycles. The first-order chi connectivity index (χ1) is 20.1. The molecule has 6 rings (SSSR count). The van der Waals surface area contributed by atoms with Crippen LogP contribution in [0.25, 0.3) is 0 Å². The van der Waals surface area contributed by atoms with Gasteiger partial charge in [-0.15, -0.1) is 0 Å². The molecule has 2 N–H and O–H groups in total. The van der Waals surface area contributed by atoms with Crippen molar-refractivity contribution in [1.29, 1.82) is 0 Å². The van der Waals surface area contributed by atoms with Crippen LogP contribution in [0.3, 0.4) is 0 Å². The van der Waals surface area contributed by atoms with Crippen molar-refractivity contribution in [3.63, 3.8) is 0 Å². The van der Waals surface area contributed by atoms with E-state index in [0.29, 0.717) is 32.5 Å². The van der Waals surface area contributed by atoms with Gasteiger partial charge in [-0.2, -0.15) is 0 Å². The summed E-state index contributed by atoms with van der Waals surface area (Å²) in [6, 6.07) is 7.80. The topological polar surface area (TPSA) is 142 Å². The van der Waals surface area contributed by atoms with Gasteiger partial charge in [-0.25, -0.2) is 13.2 Å². The second-order valence-corrected chi connectivity index (χ2v) is 14.4. The van der Waals surface area contributed by atoms with E-state index in [4.69, 9.17) is 4.74 Å². The number of rotatable bonds is 4. The maximum absolute atomic E-state index is 13.8. The van der Waals surface area contributed by atoms with Crippen molar-refractivity contribution in [2.45, 2.75) is 81.3 Å². The number of benzene rings is 1. The number of carbonyl (C=O) groups excluding carboxylic acids is 4. The van der Waals surface area contributed by atoms with Crippen molar-refractivity contribution in [3.05, 3.63) is 47.5 Å². The Balaban J connectivity index is 1.20. The first kappa shape index (κ1) is 28.7. The van der Waals surface area contributed by atoms with Gasteiger partial charge >= 0.3 is 6.09 Å². The second kappa shape index (κ2) is 11.0. The Bertz CT molecular complexity index is 1400. The Labute approximate surface area is 246 Å². The third-order valence-electron chi connectivity index (χ3n) is 9.36. The van der Waals surface area contributed by atoms with Gasteiger partial charge in [-0.1, -0.05) is 36.4 Å². The monoisotopic (exact) mass is 598 g/mol. The third-order valence-corrected chi connectivity index (χ3v) is 11.2. The van der Waals surface area contributed by atoms with Crippen molar-refractivity contribution >= 4 is 33.8 Å². The summed E-state index contributed by atoms with van der Waals surface area (Å²) in [6.45, 7) is 1.42. The molecule has 3 saturated carbocycles. The van der Waals surface area contributed by atoms with Crippen LogP contribution in [0.15, 0.2) is 36.4 Å². The van der Waals surface area contributed by atoms with Crippen LogP contribution in [0.4, 0.5) is 4.79 Å². The molecule has 0 saturated heterocycles. The Kier molecular flexibility index (Phi) is 7.53. The molecule has 42 heavy (non-hydrogen) atoms. The van der Waals surface area contributed by atoms with E-state index in [0.717, 1.165) is 30.4 Å². The molecule has 1 aromatic carbocycles. The molecule has 0 bridgehead atoms. The van der Waals surface area contributed by atoms with Crippen LogP contribution in [-0.4, -0.2) is 72.5 Å². The first-order valence-corrected chi connectivity index (χ1v) is 16.4. The predicted molar refractivity (Wildman–Crippen MR) is 152 cm³/mol. The van der Waals surface area contributed by atoms with Gasteiger partial charge < -0.3 is 15.0 Å². The van der Waals surface area contributed by atoms with Crippen LogP contribution in [-0.2, 0) is 42.2 Å². The second-order valence-electron chi connectivity index (χ2n) is 12.4. The van der Waals surface area contributed by atoms with Gasteiger partial charge in [0.05, 0.1) is 17.1 Å². The number of hydrogen-bond acceptors (Lipinski definition) is 7. The number of carbonyl (C=O) groups is 4. The number of hydrogen-bond donors (Lipinski definition) is 2. The standard InChI is InChI=1S/C30H38N4O7S/c1-33-13-7-3-2-4-10-21-16-30(21,28(37)32-42(39,40)23-11-12-23)31-26(35)24-14-22(15-25(24)27(33)36)41-29(38)34-17-19-8-5-6-9-20(19)18-34/h4-6,8-10,21-25H,2-3,7,11-18H2,1H3,(H,31,35)(H,32,37)/b10-4-/t21-,22-,24-,25-,30-/m1/s1. The van der Waals surface area contributed by atoms with E-state index in [-0.39, 0.29) is 31.1 Å². The highest BCUT2D eigenvalue weighted by Gasteiger charge is 2.62. The zero-order valence-corrected chi connectivity index (χ0v) is 24.6. The number of amides is 4. The van der Waals surface area contributed by atoms with E-state index in [1.807, 2.05) is 36.4 Å². The largest absolute Gasteiger partial charge is 0.446 e. The molecule has 226 valence electrons. The maximum atomic E-state index is 13.8. The Hall–Kier alpha value is -3.41. The van der Waals surface area contributed by atoms with Crippen LogP contribution in [0, 0.1) is 17.8 Å². The Morgan fingerprint density at radius 1 is 1.05 bits per heavy atom.